The van der Waals surface area contributed by atoms with Gasteiger partial charge in [-0.3, -0.25) is 4.90 Å². The summed E-state index contributed by atoms with van der Waals surface area (Å²) in [5, 5.41) is 0. The monoisotopic (exact) mass is 380 g/mol. The van der Waals surface area contributed by atoms with Crippen LogP contribution in [-0.2, 0) is 6.54 Å². The first kappa shape index (κ1) is 19.2. The van der Waals surface area contributed by atoms with E-state index >= 15 is 0 Å². The van der Waals surface area contributed by atoms with Crippen molar-refractivity contribution in [2.75, 3.05) is 69.2 Å². The predicted octanol–water partition coefficient (Wildman–Crippen LogP) is 2.17. The molecule has 2 aromatic rings. The zero-order chi connectivity index (χ0) is 19.5. The molecular formula is C22H32N6. The highest BCUT2D eigenvalue weighted by Crippen LogP contribution is 2.22. The average Bonchev–Trinajstić information content (AvgIpc) is 2.70. The van der Waals surface area contributed by atoms with E-state index < -0.39 is 0 Å². The summed E-state index contributed by atoms with van der Waals surface area (Å²) in [5.74, 6) is 3.03. The Kier molecular flexibility index (Phi) is 5.78. The van der Waals surface area contributed by atoms with Crippen LogP contribution < -0.4 is 9.80 Å². The number of anilines is 2. The quantitative estimate of drug-likeness (QED) is 0.809. The number of rotatable bonds is 4. The molecule has 28 heavy (non-hydrogen) atoms. The summed E-state index contributed by atoms with van der Waals surface area (Å²) in [7, 11) is 2.18. The van der Waals surface area contributed by atoms with Crippen LogP contribution in [0.3, 0.4) is 0 Å². The third kappa shape index (κ3) is 4.45. The van der Waals surface area contributed by atoms with Gasteiger partial charge >= 0.3 is 0 Å². The van der Waals surface area contributed by atoms with Gasteiger partial charge in [-0.05, 0) is 32.0 Å². The molecule has 2 aliphatic heterocycles. The van der Waals surface area contributed by atoms with E-state index in [1.807, 2.05) is 6.92 Å². The van der Waals surface area contributed by atoms with E-state index in [-0.39, 0.29) is 0 Å². The van der Waals surface area contributed by atoms with Crippen LogP contribution in [0, 0.1) is 13.8 Å². The molecule has 0 bridgehead atoms. The van der Waals surface area contributed by atoms with Crippen LogP contribution in [-0.4, -0.2) is 79.2 Å². The van der Waals surface area contributed by atoms with Crippen LogP contribution in [0.4, 0.5) is 11.6 Å². The highest BCUT2D eigenvalue weighted by molar-refractivity contribution is 5.51. The summed E-state index contributed by atoms with van der Waals surface area (Å²) < 4.78 is 0. The van der Waals surface area contributed by atoms with Crippen LogP contribution in [0.25, 0.3) is 0 Å². The molecule has 2 fully saturated rings. The van der Waals surface area contributed by atoms with Gasteiger partial charge in [0.25, 0.3) is 0 Å². The molecule has 3 heterocycles. The van der Waals surface area contributed by atoms with Crippen LogP contribution >= 0.6 is 0 Å². The van der Waals surface area contributed by atoms with E-state index in [0.29, 0.717) is 0 Å². The van der Waals surface area contributed by atoms with E-state index in [1.54, 1.807) is 0 Å². The number of hydrogen-bond donors (Lipinski definition) is 0. The Morgan fingerprint density at radius 1 is 0.786 bits per heavy atom. The van der Waals surface area contributed by atoms with Crippen LogP contribution in [0.1, 0.15) is 17.0 Å². The Labute approximate surface area is 168 Å². The van der Waals surface area contributed by atoms with Crippen molar-refractivity contribution in [3.05, 3.63) is 47.3 Å². The van der Waals surface area contributed by atoms with Crippen molar-refractivity contribution in [1.29, 1.82) is 0 Å². The lowest BCUT2D eigenvalue weighted by molar-refractivity contribution is 0.249. The zero-order valence-corrected chi connectivity index (χ0v) is 17.4. The minimum Gasteiger partial charge on any atom is -0.354 e. The number of benzene rings is 1. The number of piperazine rings is 2. The lowest BCUT2D eigenvalue weighted by atomic mass is 10.1. The molecule has 6 heteroatoms. The molecule has 2 saturated heterocycles. The van der Waals surface area contributed by atoms with Crippen molar-refractivity contribution in [1.82, 2.24) is 19.8 Å². The van der Waals surface area contributed by atoms with Gasteiger partial charge in [0.05, 0.1) is 0 Å². The molecule has 0 aliphatic carbocycles. The Morgan fingerprint density at radius 3 is 1.96 bits per heavy atom. The van der Waals surface area contributed by atoms with Gasteiger partial charge in [-0.15, -0.1) is 0 Å². The van der Waals surface area contributed by atoms with Crippen LogP contribution in [0.15, 0.2) is 30.3 Å². The zero-order valence-electron chi connectivity index (χ0n) is 17.4. The first-order valence-electron chi connectivity index (χ1n) is 10.4. The molecule has 0 unspecified atom stereocenters. The first-order valence-corrected chi connectivity index (χ1v) is 10.4. The fourth-order valence-corrected chi connectivity index (χ4v) is 4.06. The molecular weight excluding hydrogens is 348 g/mol. The number of aromatic nitrogens is 2. The molecule has 1 aromatic heterocycles. The van der Waals surface area contributed by atoms with Gasteiger partial charge in [0, 0.05) is 65.0 Å². The van der Waals surface area contributed by atoms with Gasteiger partial charge in [-0.25, -0.2) is 9.97 Å². The lowest BCUT2D eigenvalue weighted by Gasteiger charge is -2.37. The number of nitrogens with zero attached hydrogens (tertiary/aromatic N) is 6. The molecule has 6 nitrogen and oxygen atoms in total. The molecule has 0 radical (unpaired) electrons. The van der Waals surface area contributed by atoms with Gasteiger partial charge in [-0.2, -0.15) is 0 Å². The standard InChI is InChI=1S/C22H32N6/c1-18-6-4-5-7-20(18)17-26-10-14-28(15-11-26)22-16-21(23-19(2)24-22)27-12-8-25(3)9-13-27/h4-7,16H,8-15,17H2,1-3H3. The summed E-state index contributed by atoms with van der Waals surface area (Å²) in [6.07, 6.45) is 0. The van der Waals surface area contributed by atoms with Crippen molar-refractivity contribution in [2.24, 2.45) is 0 Å². The molecule has 2 aliphatic rings. The van der Waals surface area contributed by atoms with Crippen molar-refractivity contribution in [3.8, 4) is 0 Å². The lowest BCUT2D eigenvalue weighted by Crippen LogP contribution is -2.47. The Morgan fingerprint density at radius 2 is 1.36 bits per heavy atom. The van der Waals surface area contributed by atoms with Crippen molar-refractivity contribution in [2.45, 2.75) is 20.4 Å². The molecule has 1 aromatic carbocycles. The smallest absolute Gasteiger partial charge is 0.134 e. The Hall–Kier alpha value is -2.18. The second kappa shape index (κ2) is 8.45. The fourth-order valence-electron chi connectivity index (χ4n) is 4.06. The van der Waals surface area contributed by atoms with Gasteiger partial charge in [0.15, 0.2) is 0 Å². The number of likely N-dealkylation sites (N-methyl/N-ethyl adjacent to an activating group) is 1. The normalized spacial score (nSPS) is 19.2. The van der Waals surface area contributed by atoms with Gasteiger partial charge in [0.1, 0.15) is 17.5 Å². The maximum Gasteiger partial charge on any atom is 0.134 e. The van der Waals surface area contributed by atoms with E-state index in [4.69, 9.17) is 9.97 Å². The van der Waals surface area contributed by atoms with Gasteiger partial charge in [-0.1, -0.05) is 24.3 Å². The van der Waals surface area contributed by atoms with E-state index in [2.05, 4.69) is 63.9 Å². The van der Waals surface area contributed by atoms with Crippen molar-refractivity contribution >= 4 is 11.6 Å². The van der Waals surface area contributed by atoms with E-state index in [9.17, 15) is 0 Å². The molecule has 4 rings (SSSR count). The minimum absolute atomic E-state index is 0.869. The van der Waals surface area contributed by atoms with E-state index in [1.165, 1.54) is 11.1 Å². The summed E-state index contributed by atoms with van der Waals surface area (Å²) >= 11 is 0. The van der Waals surface area contributed by atoms with Crippen LogP contribution in [0.2, 0.25) is 0 Å². The maximum absolute atomic E-state index is 4.75. The second-order valence-corrected chi connectivity index (χ2v) is 8.11. The van der Waals surface area contributed by atoms with E-state index in [0.717, 1.165) is 76.4 Å². The van der Waals surface area contributed by atoms with Crippen molar-refractivity contribution < 1.29 is 0 Å². The molecule has 150 valence electrons. The molecule has 0 atom stereocenters. The third-order valence-electron chi connectivity index (χ3n) is 5.99. The fraction of sp³-hybridized carbons (Fsp3) is 0.545. The number of aryl methyl sites for hydroxylation is 2. The summed E-state index contributed by atoms with van der Waals surface area (Å²) in [6.45, 7) is 13.7. The topological polar surface area (TPSA) is 38.7 Å². The van der Waals surface area contributed by atoms with Crippen molar-refractivity contribution in [3.63, 3.8) is 0 Å². The second-order valence-electron chi connectivity index (χ2n) is 8.11. The SMILES string of the molecule is Cc1nc(N2CCN(C)CC2)cc(N2CCN(Cc3ccccc3C)CC2)n1. The molecule has 0 saturated carbocycles. The molecule has 0 N–H and O–H groups in total. The minimum atomic E-state index is 0.869. The Balaban J connectivity index is 1.40. The maximum atomic E-state index is 4.75. The molecule has 0 spiro atoms. The predicted molar refractivity (Wildman–Crippen MR) is 115 cm³/mol. The highest BCUT2D eigenvalue weighted by atomic mass is 15.3. The Bertz CT molecular complexity index is 791. The van der Waals surface area contributed by atoms with Gasteiger partial charge < -0.3 is 14.7 Å². The largest absolute Gasteiger partial charge is 0.354 e. The summed E-state index contributed by atoms with van der Waals surface area (Å²) in [5.41, 5.74) is 2.82. The van der Waals surface area contributed by atoms with Gasteiger partial charge in [0.2, 0.25) is 0 Å². The number of hydrogen-bond acceptors (Lipinski definition) is 6. The summed E-state index contributed by atoms with van der Waals surface area (Å²) in [6, 6.07) is 10.9. The van der Waals surface area contributed by atoms with Crippen LogP contribution in [0.5, 0.6) is 0 Å². The molecule has 0 amide bonds. The first-order chi connectivity index (χ1) is 13.6. The highest BCUT2D eigenvalue weighted by Gasteiger charge is 2.21. The third-order valence-corrected chi connectivity index (χ3v) is 5.99. The summed E-state index contributed by atoms with van der Waals surface area (Å²) in [4.78, 5) is 19.2. The average molecular weight is 381 g/mol.